The summed E-state index contributed by atoms with van der Waals surface area (Å²) >= 11 is 0. The van der Waals surface area contributed by atoms with Gasteiger partial charge in [-0.05, 0) is 50.3 Å². The lowest BCUT2D eigenvalue weighted by Gasteiger charge is -2.28. The summed E-state index contributed by atoms with van der Waals surface area (Å²) in [5.41, 5.74) is -2.20. The van der Waals surface area contributed by atoms with Gasteiger partial charge in [0, 0.05) is 0 Å². The van der Waals surface area contributed by atoms with Gasteiger partial charge in [-0.1, -0.05) is 6.07 Å². The van der Waals surface area contributed by atoms with E-state index in [4.69, 9.17) is 0 Å². The van der Waals surface area contributed by atoms with Gasteiger partial charge >= 0.3 is 5.97 Å². The Hall–Kier alpha value is -1.49. The van der Waals surface area contributed by atoms with E-state index in [-0.39, 0.29) is 24.0 Å². The van der Waals surface area contributed by atoms with E-state index in [1.165, 1.54) is 13.0 Å². The molecule has 5 heteroatoms. The number of benzene rings is 1. The number of carboxylic acids is 1. The van der Waals surface area contributed by atoms with E-state index < -0.39 is 28.6 Å². The highest BCUT2D eigenvalue weighted by atomic mass is 19.2. The van der Waals surface area contributed by atoms with Crippen LogP contribution in [0.1, 0.15) is 37.3 Å². The maximum absolute atomic E-state index is 13.6. The van der Waals surface area contributed by atoms with Gasteiger partial charge in [-0.25, -0.2) is 8.78 Å². The average Bonchev–Trinajstić information content (AvgIpc) is 2.64. The molecule has 0 bridgehead atoms. The van der Waals surface area contributed by atoms with Crippen LogP contribution in [0.4, 0.5) is 8.78 Å². The molecule has 3 nitrogen and oxygen atoms in total. The van der Waals surface area contributed by atoms with Gasteiger partial charge < -0.3 is 10.2 Å². The summed E-state index contributed by atoms with van der Waals surface area (Å²) in [6.45, 7) is 2.93. The quantitative estimate of drug-likeness (QED) is 0.868. The van der Waals surface area contributed by atoms with Gasteiger partial charge in [-0.3, -0.25) is 4.79 Å². The first kappa shape index (κ1) is 13.9. The van der Waals surface area contributed by atoms with E-state index in [9.17, 15) is 23.8 Å². The van der Waals surface area contributed by atoms with Gasteiger partial charge in [-0.15, -0.1) is 0 Å². The maximum Gasteiger partial charge on any atom is 0.314 e. The van der Waals surface area contributed by atoms with Crippen LogP contribution in [0.3, 0.4) is 0 Å². The number of hydrogen-bond donors (Lipinski definition) is 2. The third-order valence-corrected chi connectivity index (χ3v) is 4.04. The molecule has 1 aliphatic carbocycles. The van der Waals surface area contributed by atoms with Crippen LogP contribution in [0.15, 0.2) is 12.1 Å². The Morgan fingerprint density at radius 1 is 1.32 bits per heavy atom. The predicted molar refractivity (Wildman–Crippen MR) is 64.9 cm³/mol. The monoisotopic (exact) mass is 270 g/mol. The number of aliphatic hydroxyl groups is 1. The number of aliphatic carboxylic acids is 1. The van der Waals surface area contributed by atoms with Crippen molar-refractivity contribution in [3.8, 4) is 0 Å². The number of carbonyl (C=O) groups is 1. The molecule has 0 aromatic heterocycles. The van der Waals surface area contributed by atoms with Crippen LogP contribution in [-0.4, -0.2) is 21.8 Å². The Labute approximate surface area is 109 Å². The predicted octanol–water partition coefficient (Wildman–Crippen LogP) is 2.53. The Kier molecular flexibility index (Phi) is 3.13. The summed E-state index contributed by atoms with van der Waals surface area (Å²) in [7, 11) is 0. The van der Waals surface area contributed by atoms with Crippen molar-refractivity contribution in [3.05, 3.63) is 34.9 Å². The molecule has 0 radical (unpaired) electrons. The summed E-state index contributed by atoms with van der Waals surface area (Å²) < 4.78 is 26.8. The van der Waals surface area contributed by atoms with Crippen molar-refractivity contribution >= 4 is 5.97 Å². The van der Waals surface area contributed by atoms with Gasteiger partial charge in [0.15, 0.2) is 11.6 Å². The highest BCUT2D eigenvalue weighted by Gasteiger charge is 2.52. The number of halogens is 2. The largest absolute Gasteiger partial charge is 0.481 e. The van der Waals surface area contributed by atoms with Crippen LogP contribution in [0.25, 0.3) is 0 Å². The minimum absolute atomic E-state index is 0.0000926. The van der Waals surface area contributed by atoms with Gasteiger partial charge in [0.2, 0.25) is 0 Å². The first-order chi connectivity index (χ1) is 8.69. The molecule has 1 aliphatic rings. The van der Waals surface area contributed by atoms with E-state index in [1.807, 2.05) is 0 Å². The Morgan fingerprint density at radius 3 is 2.42 bits per heavy atom. The molecular formula is C14H16F2O3. The van der Waals surface area contributed by atoms with Gasteiger partial charge in [-0.2, -0.15) is 0 Å². The first-order valence-corrected chi connectivity index (χ1v) is 6.10. The highest BCUT2D eigenvalue weighted by Crippen LogP contribution is 2.47. The fourth-order valence-corrected chi connectivity index (χ4v) is 3.01. The zero-order valence-electron chi connectivity index (χ0n) is 10.8. The fraction of sp³-hybridized carbons (Fsp3) is 0.500. The topological polar surface area (TPSA) is 57.5 Å². The lowest BCUT2D eigenvalue weighted by atomic mass is 9.76. The van der Waals surface area contributed by atoms with E-state index in [0.29, 0.717) is 6.42 Å². The van der Waals surface area contributed by atoms with Gasteiger partial charge in [0.1, 0.15) is 0 Å². The van der Waals surface area contributed by atoms with Crippen molar-refractivity contribution in [1.29, 1.82) is 0 Å². The van der Waals surface area contributed by atoms with Crippen LogP contribution in [0.2, 0.25) is 0 Å². The van der Waals surface area contributed by atoms with Gasteiger partial charge in [0.05, 0.1) is 11.0 Å². The molecule has 0 aliphatic heterocycles. The van der Waals surface area contributed by atoms with Crippen molar-refractivity contribution in [1.82, 2.24) is 0 Å². The second kappa shape index (κ2) is 4.27. The molecule has 104 valence electrons. The first-order valence-electron chi connectivity index (χ1n) is 6.10. The molecule has 2 N–H and O–H groups in total. The molecule has 0 saturated heterocycles. The third-order valence-electron chi connectivity index (χ3n) is 4.04. The Bertz CT molecular complexity index is 540. The van der Waals surface area contributed by atoms with E-state index in [1.54, 1.807) is 6.92 Å². The van der Waals surface area contributed by atoms with Crippen molar-refractivity contribution in [3.63, 3.8) is 0 Å². The van der Waals surface area contributed by atoms with Crippen LogP contribution < -0.4 is 0 Å². The van der Waals surface area contributed by atoms with E-state index in [2.05, 4.69) is 0 Å². The van der Waals surface area contributed by atoms with Crippen molar-refractivity contribution in [2.75, 3.05) is 0 Å². The molecule has 0 heterocycles. The van der Waals surface area contributed by atoms with Crippen molar-refractivity contribution in [2.24, 2.45) is 0 Å². The van der Waals surface area contributed by atoms with Crippen LogP contribution >= 0.6 is 0 Å². The minimum atomic E-state index is -1.35. The van der Waals surface area contributed by atoms with Crippen molar-refractivity contribution < 1.29 is 23.8 Å². The molecule has 19 heavy (non-hydrogen) atoms. The lowest BCUT2D eigenvalue weighted by molar-refractivity contribution is -0.144. The molecule has 1 saturated carbocycles. The van der Waals surface area contributed by atoms with Gasteiger partial charge in [0.25, 0.3) is 0 Å². The summed E-state index contributed by atoms with van der Waals surface area (Å²) in [5, 5.41) is 19.5. The SMILES string of the molecule is Cc1c([C@]2(C(=O)O)CC[C@](C)(O)C2)ccc(F)c1F. The summed E-state index contributed by atoms with van der Waals surface area (Å²) in [5.74, 6) is -3.13. The summed E-state index contributed by atoms with van der Waals surface area (Å²) in [4.78, 5) is 11.6. The summed E-state index contributed by atoms with van der Waals surface area (Å²) in [6, 6.07) is 2.25. The minimum Gasteiger partial charge on any atom is -0.481 e. The molecular weight excluding hydrogens is 254 g/mol. The smallest absolute Gasteiger partial charge is 0.314 e. The molecule has 2 rings (SSSR count). The molecule has 1 aromatic rings. The Balaban J connectivity index is 2.60. The summed E-state index contributed by atoms with van der Waals surface area (Å²) in [6.07, 6.45) is 0.528. The highest BCUT2D eigenvalue weighted by molar-refractivity contribution is 5.82. The molecule has 2 atom stereocenters. The van der Waals surface area contributed by atoms with Crippen LogP contribution in [0, 0.1) is 18.6 Å². The molecule has 1 fully saturated rings. The van der Waals surface area contributed by atoms with Crippen molar-refractivity contribution in [2.45, 2.75) is 44.1 Å². The van der Waals surface area contributed by atoms with E-state index in [0.717, 1.165) is 6.07 Å². The standard InChI is InChI=1S/C14H16F2O3/c1-8-9(3-4-10(15)11(8)16)14(12(17)18)6-5-13(2,19)7-14/h3-4,19H,5-7H2,1-2H3,(H,17,18)/t13-,14-/m0/s1. The molecule has 1 aromatic carbocycles. The lowest BCUT2D eigenvalue weighted by Crippen LogP contribution is -2.36. The second-order valence-electron chi connectivity index (χ2n) is 5.59. The number of rotatable bonds is 2. The molecule has 0 amide bonds. The molecule has 0 spiro atoms. The van der Waals surface area contributed by atoms with Crippen LogP contribution in [0.5, 0.6) is 0 Å². The van der Waals surface area contributed by atoms with E-state index >= 15 is 0 Å². The fourth-order valence-electron chi connectivity index (χ4n) is 3.01. The zero-order chi connectivity index (χ0) is 14.4. The normalized spacial score (nSPS) is 30.6. The number of carboxylic acid groups (broad SMARTS) is 1. The average molecular weight is 270 g/mol. The Morgan fingerprint density at radius 2 is 1.95 bits per heavy atom. The second-order valence-corrected chi connectivity index (χ2v) is 5.59. The third kappa shape index (κ3) is 2.12. The number of hydrogen-bond acceptors (Lipinski definition) is 2. The molecule has 0 unspecified atom stereocenters. The maximum atomic E-state index is 13.6. The van der Waals surface area contributed by atoms with Crippen LogP contribution in [-0.2, 0) is 10.2 Å². The zero-order valence-corrected chi connectivity index (χ0v) is 10.8.